The van der Waals surface area contributed by atoms with E-state index in [1.54, 1.807) is 6.07 Å². The minimum atomic E-state index is 0.177. The van der Waals surface area contributed by atoms with Crippen molar-refractivity contribution in [2.75, 3.05) is 13.2 Å². The molecule has 5 heteroatoms. The molecule has 1 fully saturated rings. The number of aryl methyl sites for hydroxylation is 1. The Labute approximate surface area is 119 Å². The molecule has 0 aromatic carbocycles. The molecule has 1 aliphatic carbocycles. The third kappa shape index (κ3) is 4.41. The monoisotopic (exact) mass is 283 g/mol. The van der Waals surface area contributed by atoms with Crippen molar-refractivity contribution < 1.29 is 5.11 Å². The molecule has 0 atom stereocenters. The van der Waals surface area contributed by atoms with E-state index in [0.29, 0.717) is 24.3 Å². The zero-order chi connectivity index (χ0) is 13.7. The number of hydrogen-bond donors (Lipinski definition) is 1. The maximum atomic E-state index is 9.25. The Morgan fingerprint density at radius 1 is 1.32 bits per heavy atom. The Bertz CT molecular complexity index is 387. The van der Waals surface area contributed by atoms with E-state index in [1.165, 1.54) is 32.1 Å². The SMILES string of the molecule is Cc1cc(Cl)nc(CN(CCO)C2CCCCC2)n1. The van der Waals surface area contributed by atoms with Crippen molar-refractivity contribution in [3.8, 4) is 0 Å². The summed E-state index contributed by atoms with van der Waals surface area (Å²) in [5.74, 6) is 0.754. The van der Waals surface area contributed by atoms with Crippen molar-refractivity contribution in [1.29, 1.82) is 0 Å². The number of aromatic nitrogens is 2. The van der Waals surface area contributed by atoms with E-state index < -0.39 is 0 Å². The fourth-order valence-electron chi connectivity index (χ4n) is 2.81. The van der Waals surface area contributed by atoms with Gasteiger partial charge in [-0.2, -0.15) is 0 Å². The molecule has 0 aliphatic heterocycles. The Balaban J connectivity index is 2.06. The third-order valence-corrected chi connectivity index (χ3v) is 3.89. The topological polar surface area (TPSA) is 49.2 Å². The zero-order valence-electron chi connectivity index (χ0n) is 11.5. The summed E-state index contributed by atoms with van der Waals surface area (Å²) in [5.41, 5.74) is 0.891. The third-order valence-electron chi connectivity index (χ3n) is 3.69. The van der Waals surface area contributed by atoms with Gasteiger partial charge in [0.05, 0.1) is 13.2 Å². The highest BCUT2D eigenvalue weighted by Crippen LogP contribution is 2.23. The van der Waals surface area contributed by atoms with Crippen LogP contribution in [0.2, 0.25) is 5.15 Å². The van der Waals surface area contributed by atoms with Crippen LogP contribution < -0.4 is 0 Å². The van der Waals surface area contributed by atoms with Crippen LogP contribution in [0.4, 0.5) is 0 Å². The summed E-state index contributed by atoms with van der Waals surface area (Å²) < 4.78 is 0. The Morgan fingerprint density at radius 3 is 2.68 bits per heavy atom. The molecule has 0 unspecified atom stereocenters. The number of halogens is 1. The Kier molecular flexibility index (Phi) is 5.55. The molecule has 4 nitrogen and oxygen atoms in total. The second-order valence-corrected chi connectivity index (χ2v) is 5.62. The van der Waals surface area contributed by atoms with Gasteiger partial charge in [0.25, 0.3) is 0 Å². The smallest absolute Gasteiger partial charge is 0.144 e. The minimum Gasteiger partial charge on any atom is -0.395 e. The standard InChI is InChI=1S/C14H22ClN3O/c1-11-9-13(15)17-14(16-11)10-18(7-8-19)12-5-3-2-4-6-12/h9,12,19H,2-8,10H2,1H3. The lowest BCUT2D eigenvalue weighted by Gasteiger charge is -2.33. The predicted octanol–water partition coefficient (Wildman–Crippen LogP) is 2.57. The van der Waals surface area contributed by atoms with Crippen LogP contribution in [-0.2, 0) is 6.54 Å². The maximum absolute atomic E-state index is 9.25. The summed E-state index contributed by atoms with van der Waals surface area (Å²) in [7, 11) is 0. The summed E-state index contributed by atoms with van der Waals surface area (Å²) in [6.45, 7) is 3.45. The van der Waals surface area contributed by atoms with Crippen LogP contribution in [0.1, 0.15) is 43.6 Å². The van der Waals surface area contributed by atoms with Gasteiger partial charge in [-0.3, -0.25) is 4.90 Å². The molecule has 1 N–H and O–H groups in total. The van der Waals surface area contributed by atoms with Crippen molar-refractivity contribution >= 4 is 11.6 Å². The van der Waals surface area contributed by atoms with Crippen LogP contribution in [0, 0.1) is 6.92 Å². The van der Waals surface area contributed by atoms with Crippen LogP contribution >= 0.6 is 11.6 Å². The van der Waals surface area contributed by atoms with E-state index in [2.05, 4.69) is 14.9 Å². The number of aliphatic hydroxyl groups is 1. The van der Waals surface area contributed by atoms with Crippen molar-refractivity contribution in [3.05, 3.63) is 22.7 Å². The average molecular weight is 284 g/mol. The predicted molar refractivity (Wildman–Crippen MR) is 76.1 cm³/mol. The summed E-state index contributed by atoms with van der Waals surface area (Å²) in [4.78, 5) is 11.0. The van der Waals surface area contributed by atoms with Crippen LogP contribution in [0.25, 0.3) is 0 Å². The van der Waals surface area contributed by atoms with Gasteiger partial charge in [0, 0.05) is 18.3 Å². The van der Waals surface area contributed by atoms with Gasteiger partial charge in [0.1, 0.15) is 11.0 Å². The van der Waals surface area contributed by atoms with Gasteiger partial charge in [-0.05, 0) is 25.8 Å². The van der Waals surface area contributed by atoms with E-state index in [4.69, 9.17) is 11.6 Å². The first kappa shape index (κ1) is 14.7. The molecule has 0 spiro atoms. The maximum Gasteiger partial charge on any atom is 0.144 e. The molecule has 1 aromatic rings. The van der Waals surface area contributed by atoms with Gasteiger partial charge in [-0.25, -0.2) is 9.97 Å². The van der Waals surface area contributed by atoms with Crippen molar-refractivity contribution in [1.82, 2.24) is 14.9 Å². The lowest BCUT2D eigenvalue weighted by atomic mass is 9.94. The number of nitrogens with zero attached hydrogens (tertiary/aromatic N) is 3. The molecule has 0 radical (unpaired) electrons. The van der Waals surface area contributed by atoms with Crippen molar-refractivity contribution in [2.45, 2.75) is 51.6 Å². The second-order valence-electron chi connectivity index (χ2n) is 5.23. The summed E-state index contributed by atoms with van der Waals surface area (Å²) in [6.07, 6.45) is 6.30. The van der Waals surface area contributed by atoms with E-state index in [9.17, 15) is 5.11 Å². The van der Waals surface area contributed by atoms with E-state index in [1.807, 2.05) is 6.92 Å². The first-order valence-corrected chi connectivity index (χ1v) is 7.42. The first-order valence-electron chi connectivity index (χ1n) is 7.04. The highest BCUT2D eigenvalue weighted by atomic mass is 35.5. The highest BCUT2D eigenvalue weighted by Gasteiger charge is 2.21. The minimum absolute atomic E-state index is 0.177. The summed E-state index contributed by atoms with van der Waals surface area (Å²) >= 11 is 5.98. The van der Waals surface area contributed by atoms with Crippen LogP contribution in [-0.4, -0.2) is 39.2 Å². The zero-order valence-corrected chi connectivity index (χ0v) is 12.2. The molecule has 1 aromatic heterocycles. The van der Waals surface area contributed by atoms with Gasteiger partial charge in [-0.1, -0.05) is 30.9 Å². The molecular weight excluding hydrogens is 262 g/mol. The normalized spacial score (nSPS) is 17.1. The van der Waals surface area contributed by atoms with E-state index >= 15 is 0 Å². The lowest BCUT2D eigenvalue weighted by Crippen LogP contribution is -2.38. The molecular formula is C14H22ClN3O. The molecule has 1 aliphatic rings. The fourth-order valence-corrected chi connectivity index (χ4v) is 3.06. The highest BCUT2D eigenvalue weighted by molar-refractivity contribution is 6.29. The Morgan fingerprint density at radius 2 is 2.05 bits per heavy atom. The van der Waals surface area contributed by atoms with E-state index in [0.717, 1.165) is 11.5 Å². The van der Waals surface area contributed by atoms with Gasteiger partial charge in [0.2, 0.25) is 0 Å². The summed E-state index contributed by atoms with van der Waals surface area (Å²) in [6, 6.07) is 2.31. The van der Waals surface area contributed by atoms with Gasteiger partial charge < -0.3 is 5.11 Å². The Hall–Kier alpha value is -0.710. The first-order chi connectivity index (χ1) is 9.19. The molecule has 2 rings (SSSR count). The van der Waals surface area contributed by atoms with Crippen molar-refractivity contribution in [3.63, 3.8) is 0 Å². The average Bonchev–Trinajstić information content (AvgIpc) is 2.38. The lowest BCUT2D eigenvalue weighted by molar-refractivity contribution is 0.114. The number of hydrogen-bond acceptors (Lipinski definition) is 4. The summed E-state index contributed by atoms with van der Waals surface area (Å²) in [5, 5.41) is 9.74. The van der Waals surface area contributed by atoms with Gasteiger partial charge in [-0.15, -0.1) is 0 Å². The molecule has 19 heavy (non-hydrogen) atoms. The molecule has 106 valence electrons. The second kappa shape index (κ2) is 7.17. The molecule has 1 saturated carbocycles. The van der Waals surface area contributed by atoms with Crippen LogP contribution in [0.3, 0.4) is 0 Å². The molecule has 0 saturated heterocycles. The fraction of sp³-hybridized carbons (Fsp3) is 0.714. The molecule has 1 heterocycles. The van der Waals surface area contributed by atoms with Crippen LogP contribution in [0.5, 0.6) is 0 Å². The van der Waals surface area contributed by atoms with Crippen molar-refractivity contribution in [2.24, 2.45) is 0 Å². The van der Waals surface area contributed by atoms with E-state index in [-0.39, 0.29) is 6.61 Å². The molecule has 0 bridgehead atoms. The quantitative estimate of drug-likeness (QED) is 0.844. The number of rotatable bonds is 5. The largest absolute Gasteiger partial charge is 0.395 e. The molecule has 0 amide bonds. The van der Waals surface area contributed by atoms with Crippen LogP contribution in [0.15, 0.2) is 6.07 Å². The number of aliphatic hydroxyl groups excluding tert-OH is 1. The van der Waals surface area contributed by atoms with Gasteiger partial charge in [0.15, 0.2) is 0 Å². The van der Waals surface area contributed by atoms with Gasteiger partial charge >= 0.3 is 0 Å².